The molecule has 0 aliphatic carbocycles. The molecule has 0 saturated carbocycles. The quantitative estimate of drug-likeness (QED) is 0.724. The maximum absolute atomic E-state index is 12.8. The van der Waals surface area contributed by atoms with E-state index in [4.69, 9.17) is 5.11 Å². The van der Waals surface area contributed by atoms with E-state index in [0.717, 1.165) is 18.6 Å². The summed E-state index contributed by atoms with van der Waals surface area (Å²) in [7, 11) is 0. The number of nitrogens with one attached hydrogen (secondary N) is 1. The molecule has 5 heteroatoms. The Labute approximate surface area is 105 Å². The van der Waals surface area contributed by atoms with Gasteiger partial charge in [0.1, 0.15) is 11.6 Å². The van der Waals surface area contributed by atoms with Gasteiger partial charge in [-0.3, -0.25) is 4.79 Å². The fourth-order valence-electron chi connectivity index (χ4n) is 1.66. The number of rotatable bonds is 6. The summed E-state index contributed by atoms with van der Waals surface area (Å²) in [5.74, 6) is -1.20. The van der Waals surface area contributed by atoms with Crippen LogP contribution in [0.1, 0.15) is 30.1 Å². The highest BCUT2D eigenvalue weighted by atomic mass is 19.1. The summed E-state index contributed by atoms with van der Waals surface area (Å²) in [6, 6.07) is 3.27. The molecule has 1 aromatic carbocycles. The van der Waals surface area contributed by atoms with E-state index in [1.54, 1.807) is 0 Å². The van der Waals surface area contributed by atoms with E-state index in [0.29, 0.717) is 13.0 Å². The molecule has 1 unspecified atom stereocenters. The molecule has 0 bridgehead atoms. The summed E-state index contributed by atoms with van der Waals surface area (Å²) in [5.41, 5.74) is 0.0512. The molecule has 4 nitrogen and oxygen atoms in total. The van der Waals surface area contributed by atoms with Crippen LogP contribution in [0, 0.1) is 11.7 Å². The van der Waals surface area contributed by atoms with Gasteiger partial charge in [0.25, 0.3) is 5.91 Å². The number of phenols is 1. The van der Waals surface area contributed by atoms with Gasteiger partial charge in [0.2, 0.25) is 0 Å². The standard InChI is InChI=1S/C13H18FNO3/c1-2-9(5-6-16)8-15-13(18)11-4-3-10(14)7-12(11)17/h3-4,7,9,16-17H,2,5-6,8H2,1H3,(H,15,18). The first-order valence-electron chi connectivity index (χ1n) is 5.96. The number of benzene rings is 1. The number of aromatic hydroxyl groups is 1. The summed E-state index contributed by atoms with van der Waals surface area (Å²) in [6.45, 7) is 2.48. The number of hydrogen-bond donors (Lipinski definition) is 3. The number of aliphatic hydroxyl groups is 1. The predicted octanol–water partition coefficient (Wildman–Crippen LogP) is 1.67. The summed E-state index contributed by atoms with van der Waals surface area (Å²) >= 11 is 0. The van der Waals surface area contributed by atoms with Crippen LogP contribution in [-0.2, 0) is 0 Å². The molecule has 1 atom stereocenters. The number of carbonyl (C=O) groups excluding carboxylic acids is 1. The Kier molecular flexibility index (Phi) is 5.58. The number of aliphatic hydroxyl groups excluding tert-OH is 1. The van der Waals surface area contributed by atoms with Crippen molar-refractivity contribution in [1.82, 2.24) is 5.32 Å². The first-order valence-corrected chi connectivity index (χ1v) is 5.96. The third kappa shape index (κ3) is 4.00. The fourth-order valence-corrected chi connectivity index (χ4v) is 1.66. The van der Waals surface area contributed by atoms with Crippen LogP contribution < -0.4 is 5.32 Å². The van der Waals surface area contributed by atoms with Gasteiger partial charge in [-0.1, -0.05) is 13.3 Å². The number of hydrogen-bond acceptors (Lipinski definition) is 3. The lowest BCUT2D eigenvalue weighted by Crippen LogP contribution is -2.29. The second-order valence-corrected chi connectivity index (χ2v) is 4.16. The van der Waals surface area contributed by atoms with Gasteiger partial charge in [0.05, 0.1) is 5.56 Å². The zero-order valence-electron chi connectivity index (χ0n) is 10.3. The molecule has 100 valence electrons. The normalized spacial score (nSPS) is 12.2. The molecule has 0 aliphatic heterocycles. The number of carbonyl (C=O) groups is 1. The molecule has 0 heterocycles. The molecule has 0 radical (unpaired) electrons. The summed E-state index contributed by atoms with van der Waals surface area (Å²) in [6.07, 6.45) is 1.46. The smallest absolute Gasteiger partial charge is 0.255 e. The maximum Gasteiger partial charge on any atom is 0.255 e. The van der Waals surface area contributed by atoms with Crippen LogP contribution >= 0.6 is 0 Å². The van der Waals surface area contributed by atoms with Gasteiger partial charge in [0.15, 0.2) is 0 Å². The van der Waals surface area contributed by atoms with E-state index in [2.05, 4.69) is 5.32 Å². The van der Waals surface area contributed by atoms with E-state index in [1.807, 2.05) is 6.92 Å². The average Bonchev–Trinajstić information content (AvgIpc) is 2.34. The molecule has 3 N–H and O–H groups in total. The van der Waals surface area contributed by atoms with Gasteiger partial charge in [-0.25, -0.2) is 4.39 Å². The number of amides is 1. The van der Waals surface area contributed by atoms with Crippen LogP contribution in [0.25, 0.3) is 0 Å². The summed E-state index contributed by atoms with van der Waals surface area (Å²) in [4.78, 5) is 11.7. The lowest BCUT2D eigenvalue weighted by atomic mass is 10.0. The first kappa shape index (κ1) is 14.4. The van der Waals surface area contributed by atoms with E-state index in [9.17, 15) is 14.3 Å². The van der Waals surface area contributed by atoms with Crippen molar-refractivity contribution in [2.45, 2.75) is 19.8 Å². The van der Waals surface area contributed by atoms with Gasteiger partial charge in [-0.2, -0.15) is 0 Å². The minimum atomic E-state index is -0.587. The number of halogens is 1. The highest BCUT2D eigenvalue weighted by Crippen LogP contribution is 2.18. The van der Waals surface area contributed by atoms with Crippen LogP contribution in [-0.4, -0.2) is 29.3 Å². The average molecular weight is 255 g/mol. The number of phenolic OH excluding ortho intramolecular Hbond substituents is 1. The van der Waals surface area contributed by atoms with Crippen molar-refractivity contribution in [1.29, 1.82) is 0 Å². The summed E-state index contributed by atoms with van der Waals surface area (Å²) < 4.78 is 12.8. The lowest BCUT2D eigenvalue weighted by molar-refractivity contribution is 0.0941. The van der Waals surface area contributed by atoms with Crippen LogP contribution in [0.5, 0.6) is 5.75 Å². The van der Waals surface area contributed by atoms with Crippen molar-refractivity contribution in [2.24, 2.45) is 5.92 Å². The molecular formula is C13H18FNO3. The Bertz CT molecular complexity index is 409. The SMILES string of the molecule is CCC(CCO)CNC(=O)c1ccc(F)cc1O. The topological polar surface area (TPSA) is 69.6 Å². The predicted molar refractivity (Wildman–Crippen MR) is 65.9 cm³/mol. The zero-order chi connectivity index (χ0) is 13.5. The van der Waals surface area contributed by atoms with Crippen LogP contribution in [0.4, 0.5) is 4.39 Å². The van der Waals surface area contributed by atoms with Gasteiger partial charge >= 0.3 is 0 Å². The molecule has 0 fully saturated rings. The Morgan fingerprint density at radius 3 is 2.78 bits per heavy atom. The van der Waals surface area contributed by atoms with Gasteiger partial charge < -0.3 is 15.5 Å². The monoisotopic (exact) mass is 255 g/mol. The van der Waals surface area contributed by atoms with Crippen molar-refractivity contribution in [3.05, 3.63) is 29.6 Å². The molecular weight excluding hydrogens is 237 g/mol. The first-order chi connectivity index (χ1) is 8.58. The molecule has 0 aliphatic rings. The molecule has 0 aromatic heterocycles. The van der Waals surface area contributed by atoms with Crippen LogP contribution in [0.2, 0.25) is 0 Å². The van der Waals surface area contributed by atoms with Crippen LogP contribution in [0.15, 0.2) is 18.2 Å². The highest BCUT2D eigenvalue weighted by molar-refractivity contribution is 5.96. The molecule has 1 amide bonds. The summed E-state index contributed by atoms with van der Waals surface area (Å²) in [5, 5.41) is 20.9. The Morgan fingerprint density at radius 2 is 2.22 bits per heavy atom. The van der Waals surface area contributed by atoms with E-state index in [1.165, 1.54) is 6.07 Å². The largest absolute Gasteiger partial charge is 0.507 e. The molecule has 18 heavy (non-hydrogen) atoms. The fraction of sp³-hybridized carbons (Fsp3) is 0.462. The lowest BCUT2D eigenvalue weighted by Gasteiger charge is -2.14. The van der Waals surface area contributed by atoms with Crippen LogP contribution in [0.3, 0.4) is 0 Å². The second-order valence-electron chi connectivity index (χ2n) is 4.16. The highest BCUT2D eigenvalue weighted by Gasteiger charge is 2.13. The van der Waals surface area contributed by atoms with Crippen molar-refractivity contribution in [2.75, 3.05) is 13.2 Å². The third-order valence-corrected chi connectivity index (χ3v) is 2.87. The molecule has 0 saturated heterocycles. The Morgan fingerprint density at radius 1 is 1.50 bits per heavy atom. The van der Waals surface area contributed by atoms with E-state index < -0.39 is 11.7 Å². The molecule has 1 aromatic rings. The van der Waals surface area contributed by atoms with Crippen molar-refractivity contribution in [3.8, 4) is 5.75 Å². The zero-order valence-corrected chi connectivity index (χ0v) is 10.3. The molecule has 1 rings (SSSR count). The second kappa shape index (κ2) is 6.96. The van der Waals surface area contributed by atoms with Crippen molar-refractivity contribution in [3.63, 3.8) is 0 Å². The van der Waals surface area contributed by atoms with Crippen molar-refractivity contribution < 1.29 is 19.4 Å². The van der Waals surface area contributed by atoms with Crippen molar-refractivity contribution >= 4 is 5.91 Å². The maximum atomic E-state index is 12.8. The van der Waals surface area contributed by atoms with E-state index in [-0.39, 0.29) is 23.8 Å². The molecule has 0 spiro atoms. The van der Waals surface area contributed by atoms with Gasteiger partial charge in [-0.15, -0.1) is 0 Å². The minimum Gasteiger partial charge on any atom is -0.507 e. The van der Waals surface area contributed by atoms with Gasteiger partial charge in [-0.05, 0) is 24.5 Å². The van der Waals surface area contributed by atoms with Gasteiger partial charge in [0, 0.05) is 19.2 Å². The minimum absolute atomic E-state index is 0.0512. The van der Waals surface area contributed by atoms with E-state index >= 15 is 0 Å². The third-order valence-electron chi connectivity index (χ3n) is 2.87. The Hall–Kier alpha value is -1.62. The Balaban J connectivity index is 2.59.